The van der Waals surface area contributed by atoms with E-state index in [2.05, 4.69) is 5.10 Å². The van der Waals surface area contributed by atoms with Gasteiger partial charge in [0.15, 0.2) is 5.69 Å². The summed E-state index contributed by atoms with van der Waals surface area (Å²) in [6.07, 6.45) is -3.91. The molecule has 0 unspecified atom stereocenters. The molecular formula is C13H13F3N2. The molecule has 0 aliphatic heterocycles. The number of alkyl halides is 3. The van der Waals surface area contributed by atoms with Crippen LogP contribution in [0.1, 0.15) is 23.9 Å². The van der Waals surface area contributed by atoms with Crippen LogP contribution in [0.15, 0.2) is 30.3 Å². The lowest BCUT2D eigenvalue weighted by molar-refractivity contribution is -0.141. The number of aromatic nitrogens is 2. The minimum absolute atomic E-state index is 0.497. The summed E-state index contributed by atoms with van der Waals surface area (Å²) in [6, 6.07) is 8.36. The van der Waals surface area contributed by atoms with Crippen LogP contribution in [-0.4, -0.2) is 9.78 Å². The molecule has 0 aliphatic carbocycles. The lowest BCUT2D eigenvalue weighted by Crippen LogP contribution is -2.07. The predicted molar refractivity (Wildman–Crippen MR) is 62.7 cm³/mol. The first-order chi connectivity index (χ1) is 8.41. The first kappa shape index (κ1) is 12.7. The Bertz CT molecular complexity index is 556. The number of halogens is 3. The van der Waals surface area contributed by atoms with Crippen molar-refractivity contribution in [2.45, 2.75) is 26.4 Å². The fourth-order valence-electron chi connectivity index (χ4n) is 1.79. The van der Waals surface area contributed by atoms with Gasteiger partial charge in [-0.1, -0.05) is 19.1 Å². The highest BCUT2D eigenvalue weighted by atomic mass is 19.4. The maximum atomic E-state index is 12.6. The SMILES string of the molecule is CCc1cc(C(F)(F)F)nn1-c1cccc(C)c1. The van der Waals surface area contributed by atoms with E-state index in [0.29, 0.717) is 17.8 Å². The minimum atomic E-state index is -4.40. The van der Waals surface area contributed by atoms with Gasteiger partial charge in [0.1, 0.15) is 0 Å². The molecule has 0 saturated carbocycles. The van der Waals surface area contributed by atoms with E-state index < -0.39 is 11.9 Å². The monoisotopic (exact) mass is 254 g/mol. The van der Waals surface area contributed by atoms with E-state index in [-0.39, 0.29) is 0 Å². The third kappa shape index (κ3) is 2.39. The van der Waals surface area contributed by atoms with Gasteiger partial charge in [-0.2, -0.15) is 18.3 Å². The fraction of sp³-hybridized carbons (Fsp3) is 0.308. The summed E-state index contributed by atoms with van der Waals surface area (Å²) in [6.45, 7) is 3.70. The molecule has 1 aromatic carbocycles. The summed E-state index contributed by atoms with van der Waals surface area (Å²) in [4.78, 5) is 0. The molecule has 2 aromatic rings. The number of aryl methyl sites for hydroxylation is 2. The molecule has 1 aromatic heterocycles. The first-order valence-electron chi connectivity index (χ1n) is 5.65. The third-order valence-corrected chi connectivity index (χ3v) is 2.68. The van der Waals surface area contributed by atoms with Crippen LogP contribution in [0.25, 0.3) is 5.69 Å². The smallest absolute Gasteiger partial charge is 0.237 e. The molecule has 0 aliphatic rings. The third-order valence-electron chi connectivity index (χ3n) is 2.68. The average Bonchev–Trinajstić information content (AvgIpc) is 2.72. The molecule has 1 heterocycles. The van der Waals surface area contributed by atoms with E-state index in [1.165, 1.54) is 4.68 Å². The van der Waals surface area contributed by atoms with Gasteiger partial charge in [-0.3, -0.25) is 0 Å². The van der Waals surface area contributed by atoms with E-state index in [1.54, 1.807) is 12.1 Å². The van der Waals surface area contributed by atoms with Crippen molar-refractivity contribution in [3.63, 3.8) is 0 Å². The van der Waals surface area contributed by atoms with Crippen LogP contribution in [-0.2, 0) is 12.6 Å². The Hall–Kier alpha value is -1.78. The van der Waals surface area contributed by atoms with E-state index in [9.17, 15) is 13.2 Å². The molecule has 5 heteroatoms. The Balaban J connectivity index is 2.54. The van der Waals surface area contributed by atoms with Crippen LogP contribution in [0, 0.1) is 6.92 Å². The average molecular weight is 254 g/mol. The molecule has 0 fully saturated rings. The number of hydrogen-bond acceptors (Lipinski definition) is 1. The second kappa shape index (κ2) is 4.48. The molecule has 2 rings (SSSR count). The zero-order valence-electron chi connectivity index (χ0n) is 10.1. The van der Waals surface area contributed by atoms with Gasteiger partial charge in [0, 0.05) is 5.69 Å². The molecule has 0 atom stereocenters. The zero-order valence-corrected chi connectivity index (χ0v) is 10.1. The zero-order chi connectivity index (χ0) is 13.3. The molecule has 0 saturated heterocycles. The summed E-state index contributed by atoms with van der Waals surface area (Å²) in [7, 11) is 0. The van der Waals surface area contributed by atoms with Gasteiger partial charge in [-0.05, 0) is 37.1 Å². The predicted octanol–water partition coefficient (Wildman–Crippen LogP) is 3.76. The van der Waals surface area contributed by atoms with Crippen molar-refractivity contribution in [1.82, 2.24) is 9.78 Å². The molecule has 96 valence electrons. The van der Waals surface area contributed by atoms with Crippen LogP contribution in [0.3, 0.4) is 0 Å². The van der Waals surface area contributed by atoms with Gasteiger partial charge < -0.3 is 0 Å². The molecule has 18 heavy (non-hydrogen) atoms. The van der Waals surface area contributed by atoms with Crippen LogP contribution in [0.4, 0.5) is 13.2 Å². The molecule has 0 spiro atoms. The summed E-state index contributed by atoms with van der Waals surface area (Å²) in [5, 5.41) is 3.66. The topological polar surface area (TPSA) is 17.8 Å². The van der Waals surface area contributed by atoms with Gasteiger partial charge in [0.05, 0.1) is 5.69 Å². The fourth-order valence-corrected chi connectivity index (χ4v) is 1.79. The second-order valence-corrected chi connectivity index (χ2v) is 4.12. The van der Waals surface area contributed by atoms with Crippen molar-refractivity contribution < 1.29 is 13.2 Å². The summed E-state index contributed by atoms with van der Waals surface area (Å²) in [5.74, 6) is 0. The molecule has 0 bridgehead atoms. The number of nitrogens with zero attached hydrogens (tertiary/aromatic N) is 2. The molecule has 0 radical (unpaired) electrons. The van der Waals surface area contributed by atoms with Crippen molar-refractivity contribution in [2.24, 2.45) is 0 Å². The van der Waals surface area contributed by atoms with Gasteiger partial charge in [-0.25, -0.2) is 4.68 Å². The number of benzene rings is 1. The first-order valence-corrected chi connectivity index (χ1v) is 5.65. The maximum Gasteiger partial charge on any atom is 0.435 e. The number of hydrogen-bond donors (Lipinski definition) is 0. The van der Waals surface area contributed by atoms with Crippen LogP contribution in [0.5, 0.6) is 0 Å². The number of rotatable bonds is 2. The summed E-state index contributed by atoms with van der Waals surface area (Å²) < 4.78 is 39.3. The Morgan fingerprint density at radius 3 is 2.50 bits per heavy atom. The highest BCUT2D eigenvalue weighted by Gasteiger charge is 2.34. The van der Waals surface area contributed by atoms with E-state index >= 15 is 0 Å². The Kier molecular flexibility index (Phi) is 3.15. The Morgan fingerprint density at radius 2 is 1.94 bits per heavy atom. The Labute approximate surface area is 103 Å². The largest absolute Gasteiger partial charge is 0.435 e. The lowest BCUT2D eigenvalue weighted by atomic mass is 10.2. The van der Waals surface area contributed by atoms with Crippen molar-refractivity contribution in [3.8, 4) is 5.69 Å². The molecular weight excluding hydrogens is 241 g/mol. The van der Waals surface area contributed by atoms with Crippen molar-refractivity contribution in [3.05, 3.63) is 47.3 Å². The summed E-state index contributed by atoms with van der Waals surface area (Å²) in [5.41, 5.74) is 1.34. The van der Waals surface area contributed by atoms with E-state index in [0.717, 1.165) is 11.6 Å². The quantitative estimate of drug-likeness (QED) is 0.797. The maximum absolute atomic E-state index is 12.6. The van der Waals surface area contributed by atoms with Crippen LogP contribution >= 0.6 is 0 Å². The van der Waals surface area contributed by atoms with Gasteiger partial charge in [0.2, 0.25) is 0 Å². The van der Waals surface area contributed by atoms with Gasteiger partial charge in [-0.15, -0.1) is 0 Å². The van der Waals surface area contributed by atoms with E-state index in [1.807, 2.05) is 26.0 Å². The van der Waals surface area contributed by atoms with Crippen molar-refractivity contribution in [1.29, 1.82) is 0 Å². The summed E-state index contributed by atoms with van der Waals surface area (Å²) >= 11 is 0. The Morgan fingerprint density at radius 1 is 1.22 bits per heavy atom. The van der Waals surface area contributed by atoms with Crippen molar-refractivity contribution >= 4 is 0 Å². The molecule has 0 N–H and O–H groups in total. The van der Waals surface area contributed by atoms with Gasteiger partial charge >= 0.3 is 6.18 Å². The second-order valence-electron chi connectivity index (χ2n) is 4.12. The van der Waals surface area contributed by atoms with Crippen LogP contribution < -0.4 is 0 Å². The van der Waals surface area contributed by atoms with Crippen molar-refractivity contribution in [2.75, 3.05) is 0 Å². The minimum Gasteiger partial charge on any atom is -0.237 e. The normalized spacial score (nSPS) is 11.8. The van der Waals surface area contributed by atoms with Crippen LogP contribution in [0.2, 0.25) is 0 Å². The highest BCUT2D eigenvalue weighted by Crippen LogP contribution is 2.29. The van der Waals surface area contributed by atoms with Gasteiger partial charge in [0.25, 0.3) is 0 Å². The highest BCUT2D eigenvalue weighted by molar-refractivity contribution is 5.37. The standard InChI is InChI=1S/C13H13F3N2/c1-3-10-8-12(13(14,15)16)17-18(10)11-6-4-5-9(2)7-11/h4-8H,3H2,1-2H3. The molecule has 0 amide bonds. The lowest BCUT2D eigenvalue weighted by Gasteiger charge is -2.06. The van der Waals surface area contributed by atoms with E-state index in [4.69, 9.17) is 0 Å². The molecule has 2 nitrogen and oxygen atoms in total.